The van der Waals surface area contributed by atoms with Crippen molar-refractivity contribution in [3.63, 3.8) is 0 Å². The lowest BCUT2D eigenvalue weighted by Gasteiger charge is -2.07. The molecule has 0 aromatic carbocycles. The Kier molecular flexibility index (Phi) is 2.87. The van der Waals surface area contributed by atoms with Crippen molar-refractivity contribution in [3.05, 3.63) is 0 Å². The molecular formula is C11H17BrO2. The zero-order valence-corrected chi connectivity index (χ0v) is 10.2. The van der Waals surface area contributed by atoms with Crippen molar-refractivity contribution in [1.82, 2.24) is 0 Å². The number of hydrogen-bond donors (Lipinski definition) is 0. The third kappa shape index (κ3) is 1.71. The second kappa shape index (κ2) is 3.84. The predicted molar refractivity (Wildman–Crippen MR) is 58.4 cm³/mol. The van der Waals surface area contributed by atoms with Gasteiger partial charge in [0.15, 0.2) is 0 Å². The van der Waals surface area contributed by atoms with E-state index in [4.69, 9.17) is 0 Å². The molecule has 3 atom stereocenters. The summed E-state index contributed by atoms with van der Waals surface area (Å²) >= 11 is 3.83. The van der Waals surface area contributed by atoms with Crippen LogP contribution in [0.1, 0.15) is 38.5 Å². The van der Waals surface area contributed by atoms with Crippen molar-refractivity contribution in [3.8, 4) is 0 Å². The summed E-state index contributed by atoms with van der Waals surface area (Å²) in [4.78, 5) is 11.0. The molecule has 14 heavy (non-hydrogen) atoms. The van der Waals surface area contributed by atoms with Crippen molar-refractivity contribution in [2.24, 2.45) is 11.8 Å². The number of methoxy groups -OCH3 is 1. The van der Waals surface area contributed by atoms with Crippen LogP contribution in [0.15, 0.2) is 0 Å². The molecule has 3 heteroatoms. The van der Waals surface area contributed by atoms with Crippen LogP contribution in [0, 0.1) is 11.8 Å². The highest BCUT2D eigenvalue weighted by Crippen LogP contribution is 2.66. The summed E-state index contributed by atoms with van der Waals surface area (Å²) in [6, 6.07) is 0. The van der Waals surface area contributed by atoms with Gasteiger partial charge in [-0.05, 0) is 31.1 Å². The van der Waals surface area contributed by atoms with E-state index in [1.54, 1.807) is 0 Å². The number of hydrogen-bond acceptors (Lipinski definition) is 2. The highest BCUT2D eigenvalue weighted by Gasteiger charge is 2.62. The molecule has 1 unspecified atom stereocenters. The molecule has 2 saturated carbocycles. The predicted octanol–water partition coefficient (Wildman–Crippen LogP) is 2.89. The van der Waals surface area contributed by atoms with Gasteiger partial charge in [-0.3, -0.25) is 4.79 Å². The largest absolute Gasteiger partial charge is 0.469 e. The smallest absolute Gasteiger partial charge is 0.305 e. The molecule has 0 aromatic heterocycles. The van der Waals surface area contributed by atoms with Crippen LogP contribution < -0.4 is 0 Å². The van der Waals surface area contributed by atoms with Gasteiger partial charge in [-0.1, -0.05) is 28.8 Å². The summed E-state index contributed by atoms with van der Waals surface area (Å²) in [6.07, 6.45) is 6.94. The first-order chi connectivity index (χ1) is 6.68. The molecule has 0 heterocycles. The fraction of sp³-hybridized carbons (Fsp3) is 0.909. The van der Waals surface area contributed by atoms with Crippen LogP contribution in [0.25, 0.3) is 0 Å². The van der Waals surface area contributed by atoms with Gasteiger partial charge in [-0.25, -0.2) is 0 Å². The highest BCUT2D eigenvalue weighted by molar-refractivity contribution is 9.10. The first kappa shape index (κ1) is 10.5. The summed E-state index contributed by atoms with van der Waals surface area (Å²) < 4.78 is 4.96. The maximum Gasteiger partial charge on any atom is 0.305 e. The molecule has 2 nitrogen and oxygen atoms in total. The summed E-state index contributed by atoms with van der Waals surface area (Å²) in [5.74, 6) is 1.59. The average molecular weight is 261 g/mol. The van der Waals surface area contributed by atoms with E-state index in [0.29, 0.717) is 6.42 Å². The number of rotatable bonds is 3. The maximum atomic E-state index is 11.0. The molecule has 2 fully saturated rings. The van der Waals surface area contributed by atoms with E-state index in [9.17, 15) is 4.79 Å². The minimum absolute atomic E-state index is 0.0764. The van der Waals surface area contributed by atoms with E-state index >= 15 is 0 Å². The molecule has 0 radical (unpaired) electrons. The average Bonchev–Trinajstić information content (AvgIpc) is 2.83. The van der Waals surface area contributed by atoms with E-state index in [1.807, 2.05) is 0 Å². The summed E-state index contributed by atoms with van der Waals surface area (Å²) in [7, 11) is 1.46. The Morgan fingerprint density at radius 3 is 2.50 bits per heavy atom. The molecule has 0 bridgehead atoms. The normalized spacial score (nSPS) is 40.1. The van der Waals surface area contributed by atoms with Crippen LogP contribution in [0.2, 0.25) is 0 Å². The second-order valence-corrected chi connectivity index (χ2v) is 5.98. The van der Waals surface area contributed by atoms with Gasteiger partial charge in [-0.15, -0.1) is 0 Å². The van der Waals surface area contributed by atoms with Crippen LogP contribution in [0.4, 0.5) is 0 Å². The SMILES string of the molecule is COC(=O)CCC1(Br)[C@@H]2CCCC[C@@H]21. The van der Waals surface area contributed by atoms with E-state index in [1.165, 1.54) is 32.8 Å². The van der Waals surface area contributed by atoms with Crippen LogP contribution in [0.5, 0.6) is 0 Å². The van der Waals surface area contributed by atoms with Crippen molar-refractivity contribution in [2.45, 2.75) is 42.8 Å². The minimum Gasteiger partial charge on any atom is -0.469 e. The van der Waals surface area contributed by atoms with Crippen molar-refractivity contribution in [2.75, 3.05) is 7.11 Å². The Hall–Kier alpha value is -0.0500. The number of ether oxygens (including phenoxy) is 1. The number of carbonyl (C=O) groups is 1. The van der Waals surface area contributed by atoms with E-state index in [2.05, 4.69) is 20.7 Å². The lowest BCUT2D eigenvalue weighted by molar-refractivity contribution is -0.140. The molecule has 2 aliphatic carbocycles. The Bertz CT molecular complexity index is 227. The fourth-order valence-electron chi connectivity index (χ4n) is 2.94. The zero-order chi connectivity index (χ0) is 10.2. The van der Waals surface area contributed by atoms with Gasteiger partial charge in [0.25, 0.3) is 0 Å². The number of alkyl halides is 1. The number of fused-ring (bicyclic) bond motifs is 1. The molecule has 2 rings (SSSR count). The molecule has 80 valence electrons. The third-order valence-corrected chi connectivity index (χ3v) is 5.40. The van der Waals surface area contributed by atoms with Crippen LogP contribution >= 0.6 is 15.9 Å². The molecular weight excluding hydrogens is 244 g/mol. The van der Waals surface area contributed by atoms with Crippen LogP contribution in [0.3, 0.4) is 0 Å². The molecule has 0 aliphatic heterocycles. The summed E-state index contributed by atoms with van der Waals surface area (Å²) in [6.45, 7) is 0. The number of carbonyl (C=O) groups excluding carboxylic acids is 1. The fourth-order valence-corrected chi connectivity index (χ4v) is 4.10. The maximum absolute atomic E-state index is 11.0. The Morgan fingerprint density at radius 1 is 1.43 bits per heavy atom. The standard InChI is InChI=1S/C11H17BrO2/c1-14-10(13)6-7-11(12)8-4-2-3-5-9(8)11/h8-9H,2-7H2,1H3/t8-,9+,11?. The van der Waals surface area contributed by atoms with Crippen LogP contribution in [-0.2, 0) is 9.53 Å². The number of esters is 1. The van der Waals surface area contributed by atoms with Gasteiger partial charge in [0.05, 0.1) is 7.11 Å². The topological polar surface area (TPSA) is 26.3 Å². The molecule has 0 N–H and O–H groups in total. The molecule has 2 aliphatic rings. The molecule has 0 saturated heterocycles. The Morgan fingerprint density at radius 2 is 2.00 bits per heavy atom. The minimum atomic E-state index is -0.0764. The number of halogens is 1. The van der Waals surface area contributed by atoms with Crippen molar-refractivity contribution >= 4 is 21.9 Å². The lowest BCUT2D eigenvalue weighted by Crippen LogP contribution is -2.09. The van der Waals surface area contributed by atoms with Gasteiger partial charge >= 0.3 is 5.97 Å². The van der Waals surface area contributed by atoms with E-state index in [0.717, 1.165) is 18.3 Å². The summed E-state index contributed by atoms with van der Waals surface area (Å²) in [5, 5.41) is 0. The zero-order valence-electron chi connectivity index (χ0n) is 8.59. The van der Waals surface area contributed by atoms with Gasteiger partial charge in [-0.2, -0.15) is 0 Å². The molecule has 0 spiro atoms. The Labute approximate surface area is 93.5 Å². The highest BCUT2D eigenvalue weighted by atomic mass is 79.9. The van der Waals surface area contributed by atoms with Gasteiger partial charge in [0.1, 0.15) is 0 Å². The first-order valence-electron chi connectivity index (χ1n) is 5.44. The quantitative estimate of drug-likeness (QED) is 0.576. The first-order valence-corrected chi connectivity index (χ1v) is 6.23. The van der Waals surface area contributed by atoms with Gasteiger partial charge < -0.3 is 4.74 Å². The Balaban J connectivity index is 1.83. The van der Waals surface area contributed by atoms with Crippen molar-refractivity contribution < 1.29 is 9.53 Å². The van der Waals surface area contributed by atoms with Gasteiger partial charge in [0.2, 0.25) is 0 Å². The lowest BCUT2D eigenvalue weighted by atomic mass is 10.0. The van der Waals surface area contributed by atoms with Crippen molar-refractivity contribution in [1.29, 1.82) is 0 Å². The summed E-state index contributed by atoms with van der Waals surface area (Å²) in [5.41, 5.74) is 0. The van der Waals surface area contributed by atoms with E-state index in [-0.39, 0.29) is 10.3 Å². The van der Waals surface area contributed by atoms with Gasteiger partial charge in [0, 0.05) is 10.7 Å². The monoisotopic (exact) mass is 260 g/mol. The van der Waals surface area contributed by atoms with Crippen LogP contribution in [-0.4, -0.2) is 17.4 Å². The molecule has 0 amide bonds. The third-order valence-electron chi connectivity index (χ3n) is 3.83. The van der Waals surface area contributed by atoms with E-state index < -0.39 is 0 Å². The second-order valence-electron chi connectivity index (χ2n) is 4.50. The molecule has 0 aromatic rings.